The van der Waals surface area contributed by atoms with E-state index in [1.165, 1.54) is 4.90 Å². The van der Waals surface area contributed by atoms with E-state index in [2.05, 4.69) is 5.32 Å². The quantitative estimate of drug-likeness (QED) is 0.805. The summed E-state index contributed by atoms with van der Waals surface area (Å²) in [6.07, 6.45) is -4.88. The molecule has 0 aliphatic carbocycles. The Morgan fingerprint density at radius 3 is 2.76 bits per heavy atom. The van der Waals surface area contributed by atoms with Crippen molar-refractivity contribution < 1.29 is 22.4 Å². The van der Waals surface area contributed by atoms with Crippen LogP contribution in [-0.4, -0.2) is 36.5 Å². The number of carbonyl (C=O) groups excluding carboxylic acids is 1. The molecule has 1 fully saturated rings. The van der Waals surface area contributed by atoms with Crippen LogP contribution in [0.4, 0.5) is 17.6 Å². The molecule has 0 radical (unpaired) electrons. The molecule has 2 rings (SSSR count). The van der Waals surface area contributed by atoms with Crippen LogP contribution in [0.1, 0.15) is 15.9 Å². The van der Waals surface area contributed by atoms with Crippen molar-refractivity contribution >= 4 is 5.91 Å². The molecule has 1 heterocycles. The number of halogens is 4. The van der Waals surface area contributed by atoms with Crippen LogP contribution in [0.2, 0.25) is 0 Å². The lowest BCUT2D eigenvalue weighted by atomic mass is 10.1. The second-order valence-corrected chi connectivity index (χ2v) is 4.54. The number of hydrogen-bond acceptors (Lipinski definition) is 3. The number of piperazine rings is 1. The zero-order valence-corrected chi connectivity index (χ0v) is 10.7. The van der Waals surface area contributed by atoms with Crippen molar-refractivity contribution in [2.24, 2.45) is 0 Å². The monoisotopic (exact) mass is 301 g/mol. The third kappa shape index (κ3) is 3.13. The molecule has 1 amide bonds. The Kier molecular flexibility index (Phi) is 4.14. The van der Waals surface area contributed by atoms with E-state index >= 15 is 0 Å². The average molecular weight is 301 g/mol. The molecular formula is C13H11F4N3O. The molecule has 1 aliphatic rings. The lowest BCUT2D eigenvalue weighted by Gasteiger charge is -2.32. The summed E-state index contributed by atoms with van der Waals surface area (Å²) in [5.74, 6) is -2.15. The van der Waals surface area contributed by atoms with Gasteiger partial charge in [-0.05, 0) is 18.2 Å². The lowest BCUT2D eigenvalue weighted by molar-refractivity contribution is -0.140. The van der Waals surface area contributed by atoms with E-state index in [1.54, 1.807) is 0 Å². The van der Waals surface area contributed by atoms with Crippen molar-refractivity contribution in [3.05, 3.63) is 35.1 Å². The highest BCUT2D eigenvalue weighted by atomic mass is 19.4. The van der Waals surface area contributed by atoms with Gasteiger partial charge in [0.05, 0.1) is 11.6 Å². The average Bonchev–Trinajstić information content (AvgIpc) is 2.45. The fourth-order valence-corrected chi connectivity index (χ4v) is 2.10. The van der Waals surface area contributed by atoms with Gasteiger partial charge in [-0.25, -0.2) is 4.39 Å². The minimum Gasteiger partial charge on any atom is -0.320 e. The van der Waals surface area contributed by atoms with Gasteiger partial charge in [-0.2, -0.15) is 18.4 Å². The number of alkyl halides is 3. The first kappa shape index (κ1) is 15.3. The first-order chi connectivity index (χ1) is 9.84. The summed E-state index contributed by atoms with van der Waals surface area (Å²) >= 11 is 0. The van der Waals surface area contributed by atoms with Crippen LogP contribution < -0.4 is 5.32 Å². The molecule has 0 spiro atoms. The molecule has 0 aromatic heterocycles. The van der Waals surface area contributed by atoms with Crippen LogP contribution in [0.5, 0.6) is 0 Å². The summed E-state index contributed by atoms with van der Waals surface area (Å²) < 4.78 is 51.2. The topological polar surface area (TPSA) is 56.1 Å². The third-order valence-corrected chi connectivity index (χ3v) is 3.17. The molecule has 0 saturated carbocycles. The van der Waals surface area contributed by atoms with Crippen molar-refractivity contribution in [1.82, 2.24) is 10.2 Å². The van der Waals surface area contributed by atoms with Crippen molar-refractivity contribution in [3.63, 3.8) is 0 Å². The normalized spacial score (nSPS) is 19.2. The van der Waals surface area contributed by atoms with Crippen LogP contribution in [0.25, 0.3) is 0 Å². The Bertz CT molecular complexity index is 594. The second kappa shape index (κ2) is 5.69. The first-order valence-electron chi connectivity index (χ1n) is 6.12. The van der Waals surface area contributed by atoms with Crippen LogP contribution in [0, 0.1) is 17.1 Å². The van der Waals surface area contributed by atoms with Crippen molar-refractivity contribution in [2.75, 3.05) is 19.6 Å². The van der Waals surface area contributed by atoms with Crippen LogP contribution in [-0.2, 0) is 6.18 Å². The van der Waals surface area contributed by atoms with Gasteiger partial charge in [0.25, 0.3) is 5.91 Å². The molecule has 21 heavy (non-hydrogen) atoms. The predicted molar refractivity (Wildman–Crippen MR) is 64.7 cm³/mol. The standard InChI is InChI=1S/C13H11F4N3O/c14-11-2-1-8(5-10(11)13(15,16)17)12(21)20-4-3-19-7-9(20)6-18/h1-2,5,9,19H,3-4,7H2. The minimum absolute atomic E-state index is 0.204. The van der Waals surface area contributed by atoms with E-state index in [1.807, 2.05) is 6.07 Å². The molecule has 1 aromatic rings. The molecule has 1 aliphatic heterocycles. The fraction of sp³-hybridized carbons (Fsp3) is 0.385. The highest BCUT2D eigenvalue weighted by molar-refractivity contribution is 5.95. The number of nitrogens with one attached hydrogen (secondary N) is 1. The van der Waals surface area contributed by atoms with Gasteiger partial charge in [0.15, 0.2) is 0 Å². The summed E-state index contributed by atoms with van der Waals surface area (Å²) in [6.45, 7) is 0.891. The van der Waals surface area contributed by atoms with E-state index in [0.717, 1.165) is 6.07 Å². The Morgan fingerprint density at radius 2 is 2.14 bits per heavy atom. The number of nitriles is 1. The highest BCUT2D eigenvalue weighted by Gasteiger charge is 2.35. The number of hydrogen-bond donors (Lipinski definition) is 1. The van der Waals surface area contributed by atoms with E-state index in [4.69, 9.17) is 5.26 Å². The summed E-state index contributed by atoms with van der Waals surface area (Å²) in [5.41, 5.74) is -1.78. The maximum Gasteiger partial charge on any atom is 0.419 e. The molecule has 1 saturated heterocycles. The molecule has 1 unspecified atom stereocenters. The molecule has 4 nitrogen and oxygen atoms in total. The SMILES string of the molecule is N#CC1CNCCN1C(=O)c1ccc(F)c(C(F)(F)F)c1. The number of amides is 1. The summed E-state index contributed by atoms with van der Waals surface area (Å²) in [4.78, 5) is 13.4. The van der Waals surface area contributed by atoms with Gasteiger partial charge in [0.2, 0.25) is 0 Å². The lowest BCUT2D eigenvalue weighted by Crippen LogP contribution is -2.53. The minimum atomic E-state index is -4.88. The van der Waals surface area contributed by atoms with Gasteiger partial charge < -0.3 is 10.2 Å². The molecule has 112 valence electrons. The van der Waals surface area contributed by atoms with E-state index in [-0.39, 0.29) is 18.7 Å². The van der Waals surface area contributed by atoms with Gasteiger partial charge in [-0.15, -0.1) is 0 Å². The summed E-state index contributed by atoms with van der Waals surface area (Å²) in [6, 6.07) is 3.23. The van der Waals surface area contributed by atoms with Crippen molar-refractivity contribution in [3.8, 4) is 6.07 Å². The molecule has 1 aromatic carbocycles. The maximum absolute atomic E-state index is 13.2. The van der Waals surface area contributed by atoms with Crippen molar-refractivity contribution in [1.29, 1.82) is 5.26 Å². The number of rotatable bonds is 1. The van der Waals surface area contributed by atoms with Crippen LogP contribution in [0.3, 0.4) is 0 Å². The van der Waals surface area contributed by atoms with E-state index in [9.17, 15) is 22.4 Å². The molecular weight excluding hydrogens is 290 g/mol. The second-order valence-electron chi connectivity index (χ2n) is 4.54. The van der Waals surface area contributed by atoms with Gasteiger partial charge in [-0.1, -0.05) is 0 Å². The number of benzene rings is 1. The Hall–Kier alpha value is -2.14. The van der Waals surface area contributed by atoms with Crippen molar-refractivity contribution in [2.45, 2.75) is 12.2 Å². The Morgan fingerprint density at radius 1 is 1.43 bits per heavy atom. The smallest absolute Gasteiger partial charge is 0.320 e. The number of carbonyl (C=O) groups is 1. The van der Waals surface area contributed by atoms with Crippen LogP contribution >= 0.6 is 0 Å². The molecule has 1 N–H and O–H groups in total. The van der Waals surface area contributed by atoms with Gasteiger partial charge in [0.1, 0.15) is 11.9 Å². The van der Waals surface area contributed by atoms with E-state index in [0.29, 0.717) is 18.7 Å². The number of nitrogens with zero attached hydrogens (tertiary/aromatic N) is 2. The highest BCUT2D eigenvalue weighted by Crippen LogP contribution is 2.32. The van der Waals surface area contributed by atoms with Crippen LogP contribution in [0.15, 0.2) is 18.2 Å². The van der Waals surface area contributed by atoms with Gasteiger partial charge in [-0.3, -0.25) is 4.79 Å². The van der Waals surface area contributed by atoms with E-state index < -0.39 is 29.5 Å². The largest absolute Gasteiger partial charge is 0.419 e. The Balaban J connectivity index is 2.34. The van der Waals surface area contributed by atoms with Gasteiger partial charge >= 0.3 is 6.18 Å². The maximum atomic E-state index is 13.2. The summed E-state index contributed by atoms with van der Waals surface area (Å²) in [7, 11) is 0. The third-order valence-electron chi connectivity index (χ3n) is 3.17. The Labute approximate surface area is 118 Å². The molecule has 8 heteroatoms. The zero-order chi connectivity index (χ0) is 15.6. The predicted octanol–water partition coefficient (Wildman–Crippen LogP) is 1.78. The molecule has 1 atom stereocenters. The summed E-state index contributed by atoms with van der Waals surface area (Å²) in [5, 5.41) is 11.9. The molecule has 0 bridgehead atoms. The van der Waals surface area contributed by atoms with Gasteiger partial charge in [0, 0.05) is 25.2 Å². The first-order valence-corrected chi connectivity index (χ1v) is 6.12. The zero-order valence-electron chi connectivity index (χ0n) is 10.7. The fourth-order valence-electron chi connectivity index (χ4n) is 2.10.